The van der Waals surface area contributed by atoms with Gasteiger partial charge in [-0.15, -0.1) is 11.3 Å². The number of amides is 5. The van der Waals surface area contributed by atoms with E-state index < -0.39 is 23.5 Å². The van der Waals surface area contributed by atoms with E-state index in [4.69, 9.17) is 9.72 Å². The topological polar surface area (TPSA) is 143 Å². The van der Waals surface area contributed by atoms with Crippen molar-refractivity contribution in [3.8, 4) is 5.75 Å². The summed E-state index contributed by atoms with van der Waals surface area (Å²) >= 11 is 1.49. The number of carbonyl (C=O) groups excluding carboxylic acids is 4. The van der Waals surface area contributed by atoms with Crippen LogP contribution < -0.4 is 20.7 Å². The standard InChI is InChI=1S/C25H26N6O5S/c1-4-25(2,23-27-15-7-5-13(36-3)11-18(15)37-23)30-24(35)28-19-9-6-14-16(26-19)12-31(22(14)34)17-8-10-20(32)29-21(17)33/h5-7,9,11,17H,4,8,10,12H2,1-3H3,(H,29,32,33)(H2,26,28,30,35)/t17?,25-/m0/s1. The fraction of sp³-hybridized carbons (Fsp3) is 0.360. The zero-order valence-electron chi connectivity index (χ0n) is 20.6. The normalized spacial score (nSPS) is 18.8. The maximum Gasteiger partial charge on any atom is 0.321 e. The van der Waals surface area contributed by atoms with Gasteiger partial charge in [0.25, 0.3) is 5.91 Å². The van der Waals surface area contributed by atoms with E-state index in [0.29, 0.717) is 17.7 Å². The van der Waals surface area contributed by atoms with Gasteiger partial charge >= 0.3 is 6.03 Å². The fourth-order valence-corrected chi connectivity index (χ4v) is 5.63. The Morgan fingerprint density at radius 1 is 1.24 bits per heavy atom. The highest BCUT2D eigenvalue weighted by molar-refractivity contribution is 7.18. The van der Waals surface area contributed by atoms with Crippen LogP contribution in [0.3, 0.4) is 0 Å². The molecule has 2 aliphatic rings. The molecular formula is C25H26N6O5S. The van der Waals surface area contributed by atoms with Crippen LogP contribution in [-0.2, 0) is 21.7 Å². The SMILES string of the molecule is CC[C@](C)(NC(=O)Nc1ccc2c(n1)CN(C1CCC(=O)NC1=O)C2=O)c1nc2ccc(OC)cc2s1. The number of fused-ring (bicyclic) bond motifs is 2. The summed E-state index contributed by atoms with van der Waals surface area (Å²) in [6, 6.07) is 7.61. The molecule has 0 saturated carbocycles. The smallest absolute Gasteiger partial charge is 0.321 e. The summed E-state index contributed by atoms with van der Waals surface area (Å²) in [4.78, 5) is 60.1. The Hall–Kier alpha value is -4.06. The Kier molecular flexibility index (Phi) is 6.28. The number of nitrogens with one attached hydrogen (secondary N) is 3. The predicted octanol–water partition coefficient (Wildman–Crippen LogP) is 2.91. The van der Waals surface area contributed by atoms with E-state index in [-0.39, 0.29) is 37.0 Å². The van der Waals surface area contributed by atoms with Crippen molar-refractivity contribution in [1.82, 2.24) is 25.5 Å². The minimum Gasteiger partial charge on any atom is -0.497 e. The third-order valence-electron chi connectivity index (χ3n) is 6.78. The number of benzene rings is 1. The predicted molar refractivity (Wildman–Crippen MR) is 136 cm³/mol. The number of pyridine rings is 1. The van der Waals surface area contributed by atoms with E-state index in [2.05, 4.69) is 20.9 Å². The molecule has 0 bridgehead atoms. The fourth-order valence-electron chi connectivity index (χ4n) is 4.46. The second-order valence-corrected chi connectivity index (χ2v) is 10.2. The first-order valence-corrected chi connectivity index (χ1v) is 12.7. The van der Waals surface area contributed by atoms with Gasteiger partial charge in [-0.2, -0.15) is 0 Å². The molecule has 2 atom stereocenters. The van der Waals surface area contributed by atoms with Crippen molar-refractivity contribution in [2.75, 3.05) is 12.4 Å². The van der Waals surface area contributed by atoms with Crippen molar-refractivity contribution in [2.24, 2.45) is 0 Å². The molecule has 192 valence electrons. The van der Waals surface area contributed by atoms with Gasteiger partial charge in [-0.05, 0) is 50.1 Å². The summed E-state index contributed by atoms with van der Waals surface area (Å²) < 4.78 is 6.26. The molecule has 0 aliphatic carbocycles. The van der Waals surface area contributed by atoms with Crippen molar-refractivity contribution in [2.45, 2.75) is 51.2 Å². The van der Waals surface area contributed by atoms with Crippen molar-refractivity contribution >= 4 is 51.1 Å². The van der Waals surface area contributed by atoms with Gasteiger partial charge in [0, 0.05) is 6.42 Å². The van der Waals surface area contributed by atoms with Crippen molar-refractivity contribution in [1.29, 1.82) is 0 Å². The highest BCUT2D eigenvalue weighted by Gasteiger charge is 2.40. The Bertz CT molecular complexity index is 1440. The number of aromatic nitrogens is 2. The van der Waals surface area contributed by atoms with Crippen LogP contribution >= 0.6 is 11.3 Å². The average Bonchev–Trinajstić information content (AvgIpc) is 3.44. The number of nitrogens with zero attached hydrogens (tertiary/aromatic N) is 3. The number of imide groups is 1. The lowest BCUT2D eigenvalue weighted by molar-refractivity contribution is -0.136. The number of hydrogen-bond acceptors (Lipinski definition) is 8. The molecule has 11 nitrogen and oxygen atoms in total. The first kappa shape index (κ1) is 24.6. The van der Waals surface area contributed by atoms with Gasteiger partial charge in [0.2, 0.25) is 11.8 Å². The van der Waals surface area contributed by atoms with Crippen molar-refractivity contribution < 1.29 is 23.9 Å². The van der Waals surface area contributed by atoms with Gasteiger partial charge in [0.05, 0.1) is 40.7 Å². The molecule has 1 aromatic carbocycles. The summed E-state index contributed by atoms with van der Waals surface area (Å²) in [5.41, 5.74) is 0.939. The minimum atomic E-state index is -0.726. The molecule has 37 heavy (non-hydrogen) atoms. The number of piperidine rings is 1. The molecule has 5 rings (SSSR count). The molecule has 3 aromatic rings. The second kappa shape index (κ2) is 9.43. The van der Waals surface area contributed by atoms with Gasteiger partial charge in [-0.3, -0.25) is 25.0 Å². The molecular weight excluding hydrogens is 496 g/mol. The van der Waals surface area contributed by atoms with Crippen molar-refractivity contribution in [3.05, 3.63) is 46.6 Å². The molecule has 2 aliphatic heterocycles. The number of hydrogen-bond donors (Lipinski definition) is 3. The molecule has 2 aromatic heterocycles. The number of methoxy groups -OCH3 is 1. The van der Waals surface area contributed by atoms with E-state index >= 15 is 0 Å². The van der Waals surface area contributed by atoms with Crippen LogP contribution in [0.2, 0.25) is 0 Å². The molecule has 1 unspecified atom stereocenters. The monoisotopic (exact) mass is 522 g/mol. The number of rotatable bonds is 6. The van der Waals surface area contributed by atoms with Gasteiger partial charge in [0.15, 0.2) is 0 Å². The van der Waals surface area contributed by atoms with Gasteiger partial charge < -0.3 is 15.0 Å². The highest BCUT2D eigenvalue weighted by Crippen LogP contribution is 2.34. The van der Waals surface area contributed by atoms with E-state index in [0.717, 1.165) is 21.0 Å². The van der Waals surface area contributed by atoms with Crippen LogP contribution in [0.5, 0.6) is 5.75 Å². The second-order valence-electron chi connectivity index (χ2n) is 9.21. The van der Waals surface area contributed by atoms with E-state index in [1.54, 1.807) is 19.2 Å². The number of urea groups is 1. The van der Waals surface area contributed by atoms with Crippen LogP contribution in [0.4, 0.5) is 10.6 Å². The van der Waals surface area contributed by atoms with Crippen LogP contribution in [-0.4, -0.2) is 51.8 Å². The molecule has 4 heterocycles. The zero-order valence-corrected chi connectivity index (χ0v) is 21.4. The Labute approximate surface area is 216 Å². The molecule has 1 saturated heterocycles. The van der Waals surface area contributed by atoms with E-state index in [1.165, 1.54) is 16.2 Å². The highest BCUT2D eigenvalue weighted by atomic mass is 32.1. The Balaban J connectivity index is 1.29. The third kappa shape index (κ3) is 4.59. The van der Waals surface area contributed by atoms with E-state index in [1.807, 2.05) is 32.0 Å². The average molecular weight is 523 g/mol. The molecule has 1 fully saturated rings. The van der Waals surface area contributed by atoms with Crippen LogP contribution in [0.15, 0.2) is 30.3 Å². The number of thiazole rings is 1. The van der Waals surface area contributed by atoms with Gasteiger partial charge in [0.1, 0.15) is 22.6 Å². The Morgan fingerprint density at radius 3 is 2.78 bits per heavy atom. The first-order chi connectivity index (χ1) is 17.7. The Morgan fingerprint density at radius 2 is 2.05 bits per heavy atom. The summed E-state index contributed by atoms with van der Waals surface area (Å²) in [6.45, 7) is 4.00. The lowest BCUT2D eigenvalue weighted by Crippen LogP contribution is -2.52. The number of anilines is 1. The molecule has 3 N–H and O–H groups in total. The quantitative estimate of drug-likeness (QED) is 0.423. The summed E-state index contributed by atoms with van der Waals surface area (Å²) in [7, 11) is 1.61. The zero-order chi connectivity index (χ0) is 26.3. The number of ether oxygens (including phenoxy) is 1. The van der Waals surface area contributed by atoms with Gasteiger partial charge in [-0.1, -0.05) is 6.92 Å². The lowest BCUT2D eigenvalue weighted by Gasteiger charge is -2.29. The summed E-state index contributed by atoms with van der Waals surface area (Å²) in [6.07, 6.45) is 1.05. The lowest BCUT2D eigenvalue weighted by atomic mass is 10.0. The molecule has 12 heteroatoms. The van der Waals surface area contributed by atoms with Crippen LogP contribution in [0.1, 0.15) is 54.2 Å². The van der Waals surface area contributed by atoms with Gasteiger partial charge in [-0.25, -0.2) is 14.8 Å². The largest absolute Gasteiger partial charge is 0.497 e. The molecule has 5 amide bonds. The van der Waals surface area contributed by atoms with Crippen LogP contribution in [0, 0.1) is 0 Å². The van der Waals surface area contributed by atoms with E-state index in [9.17, 15) is 19.2 Å². The first-order valence-electron chi connectivity index (χ1n) is 11.9. The summed E-state index contributed by atoms with van der Waals surface area (Å²) in [5.74, 6) is -0.127. The minimum absolute atomic E-state index is 0.124. The summed E-state index contributed by atoms with van der Waals surface area (Å²) in [5, 5.41) is 8.80. The van der Waals surface area contributed by atoms with Crippen LogP contribution in [0.25, 0.3) is 10.2 Å². The maximum atomic E-state index is 13.0. The number of carbonyl (C=O) groups is 4. The maximum absolute atomic E-state index is 13.0. The molecule has 0 spiro atoms. The third-order valence-corrected chi connectivity index (χ3v) is 8.06. The van der Waals surface area contributed by atoms with Crippen molar-refractivity contribution in [3.63, 3.8) is 0 Å². The molecule has 0 radical (unpaired) electrons.